The van der Waals surface area contributed by atoms with Crippen molar-refractivity contribution in [2.75, 3.05) is 17.3 Å². The lowest BCUT2D eigenvalue weighted by molar-refractivity contribution is 0.0862. The molecule has 0 amide bonds. The largest absolute Gasteiger partial charge is 0.376 e. The summed E-state index contributed by atoms with van der Waals surface area (Å²) in [6.07, 6.45) is 0. The van der Waals surface area contributed by atoms with Crippen molar-refractivity contribution in [1.82, 2.24) is 0 Å². The Morgan fingerprint density at radius 3 is 2.10 bits per heavy atom. The van der Waals surface area contributed by atoms with Crippen LogP contribution in [0.4, 0.5) is 4.39 Å². The zero-order valence-electron chi connectivity index (χ0n) is 11.6. The Kier molecular flexibility index (Phi) is 6.40. The first kappa shape index (κ1) is 16.7. The lowest BCUT2D eigenvalue weighted by Crippen LogP contribution is -2.35. The molecule has 0 aliphatic heterocycles. The van der Waals surface area contributed by atoms with Crippen LogP contribution in [-0.2, 0) is 16.8 Å². The molecule has 0 spiro atoms. The van der Waals surface area contributed by atoms with Crippen LogP contribution in [0.2, 0.25) is 0 Å². The second-order valence-electron chi connectivity index (χ2n) is 5.03. The summed E-state index contributed by atoms with van der Waals surface area (Å²) in [6.45, 7) is 1.13. The highest BCUT2D eigenvalue weighted by Gasteiger charge is 2.30. The molecule has 0 radical (unpaired) electrons. The fourth-order valence-electron chi connectivity index (χ4n) is 2.09. The second kappa shape index (κ2) is 8.06. The van der Waals surface area contributed by atoms with Crippen molar-refractivity contribution in [1.29, 1.82) is 0 Å². The summed E-state index contributed by atoms with van der Waals surface area (Å²) >= 11 is 7.14. The fourth-order valence-corrected chi connectivity index (χ4v) is 3.99. The molecule has 0 aliphatic rings. The molecule has 0 bridgehead atoms. The van der Waals surface area contributed by atoms with E-state index in [-0.39, 0.29) is 11.2 Å². The minimum absolute atomic E-state index is 0.206. The minimum atomic E-state index is -0.220. The summed E-state index contributed by atoms with van der Waals surface area (Å²) in [6, 6.07) is 16.7. The van der Waals surface area contributed by atoms with E-state index in [1.54, 1.807) is 0 Å². The normalized spacial score (nSPS) is 11.6. The number of hydrogen-bond acceptors (Lipinski definition) is 1. The monoisotopic (exact) mass is 414 g/mol. The Morgan fingerprint density at radius 2 is 1.52 bits per heavy atom. The number of halogens is 3. The Balaban J connectivity index is 2.06. The van der Waals surface area contributed by atoms with Crippen molar-refractivity contribution >= 4 is 31.9 Å². The third-order valence-electron chi connectivity index (χ3n) is 3.46. The number of benzene rings is 2. The smallest absolute Gasteiger partial charge is 0.123 e. The van der Waals surface area contributed by atoms with Crippen LogP contribution in [0.5, 0.6) is 0 Å². The van der Waals surface area contributed by atoms with Crippen molar-refractivity contribution < 1.29 is 9.13 Å². The fraction of sp³-hybridized carbons (Fsp3) is 0.294. The minimum Gasteiger partial charge on any atom is -0.376 e. The predicted molar refractivity (Wildman–Crippen MR) is 91.8 cm³/mol. The molecular formula is C17H17Br2FO. The summed E-state index contributed by atoms with van der Waals surface area (Å²) in [5.74, 6) is -0.220. The van der Waals surface area contributed by atoms with Crippen molar-refractivity contribution in [2.45, 2.75) is 12.0 Å². The molecule has 0 aliphatic carbocycles. The predicted octanol–water partition coefficient (Wildman–Crippen LogP) is 5.07. The summed E-state index contributed by atoms with van der Waals surface area (Å²) in [7, 11) is 0. The molecule has 0 heterocycles. The lowest BCUT2D eigenvalue weighted by atomic mass is 9.85. The van der Waals surface area contributed by atoms with Gasteiger partial charge in [-0.3, -0.25) is 0 Å². The first-order valence-electron chi connectivity index (χ1n) is 6.70. The van der Waals surface area contributed by atoms with Crippen molar-refractivity contribution in [2.24, 2.45) is 0 Å². The molecule has 0 saturated heterocycles. The Hall–Kier alpha value is -0.710. The Bertz CT molecular complexity index is 538. The lowest BCUT2D eigenvalue weighted by Gasteiger charge is -2.30. The molecule has 0 unspecified atom stereocenters. The molecule has 0 saturated carbocycles. The van der Waals surface area contributed by atoms with Gasteiger partial charge in [-0.1, -0.05) is 74.3 Å². The number of alkyl halides is 2. The first-order valence-corrected chi connectivity index (χ1v) is 8.94. The zero-order valence-corrected chi connectivity index (χ0v) is 14.7. The molecule has 2 aromatic carbocycles. The zero-order chi connectivity index (χ0) is 15.1. The van der Waals surface area contributed by atoms with Crippen LogP contribution in [0.3, 0.4) is 0 Å². The van der Waals surface area contributed by atoms with E-state index in [1.165, 1.54) is 12.1 Å². The highest BCUT2D eigenvalue weighted by atomic mass is 79.9. The van der Waals surface area contributed by atoms with E-state index < -0.39 is 0 Å². The van der Waals surface area contributed by atoms with Crippen LogP contribution in [-0.4, -0.2) is 17.3 Å². The van der Waals surface area contributed by atoms with Crippen LogP contribution in [0.25, 0.3) is 0 Å². The van der Waals surface area contributed by atoms with E-state index in [0.717, 1.165) is 21.8 Å². The maximum absolute atomic E-state index is 13.1. The van der Waals surface area contributed by atoms with Gasteiger partial charge in [0.05, 0.1) is 13.2 Å². The standard InChI is InChI=1S/C17H17Br2FO/c18-11-17(12-19,15-6-8-16(20)9-7-15)13-21-10-14-4-2-1-3-5-14/h1-9H,10-13H2. The molecular weight excluding hydrogens is 399 g/mol. The van der Waals surface area contributed by atoms with E-state index >= 15 is 0 Å². The highest BCUT2D eigenvalue weighted by Crippen LogP contribution is 2.30. The quantitative estimate of drug-likeness (QED) is 0.573. The van der Waals surface area contributed by atoms with Crippen LogP contribution in [0.15, 0.2) is 54.6 Å². The third-order valence-corrected chi connectivity index (χ3v) is 5.60. The summed E-state index contributed by atoms with van der Waals surface area (Å²) in [5.41, 5.74) is 2.00. The molecule has 2 aromatic rings. The SMILES string of the molecule is Fc1ccc(C(CBr)(CBr)COCc2ccccc2)cc1. The molecule has 0 fully saturated rings. The first-order chi connectivity index (χ1) is 10.2. The average molecular weight is 416 g/mol. The van der Waals surface area contributed by atoms with Gasteiger partial charge in [0.15, 0.2) is 0 Å². The van der Waals surface area contributed by atoms with Gasteiger partial charge in [-0.25, -0.2) is 4.39 Å². The summed E-state index contributed by atoms with van der Waals surface area (Å²) < 4.78 is 19.0. The molecule has 0 atom stereocenters. The van der Waals surface area contributed by atoms with E-state index in [2.05, 4.69) is 31.9 Å². The molecule has 112 valence electrons. The van der Waals surface area contributed by atoms with Gasteiger partial charge in [0.1, 0.15) is 5.82 Å². The van der Waals surface area contributed by atoms with Gasteiger partial charge in [0.25, 0.3) is 0 Å². The van der Waals surface area contributed by atoms with Crippen LogP contribution in [0, 0.1) is 5.82 Å². The van der Waals surface area contributed by atoms with Gasteiger partial charge in [-0.15, -0.1) is 0 Å². The van der Waals surface area contributed by atoms with E-state index in [9.17, 15) is 4.39 Å². The topological polar surface area (TPSA) is 9.23 Å². The van der Waals surface area contributed by atoms with Gasteiger partial charge >= 0.3 is 0 Å². The van der Waals surface area contributed by atoms with E-state index in [1.807, 2.05) is 42.5 Å². The Labute approximate surface area is 141 Å². The third kappa shape index (κ3) is 4.38. The molecule has 1 nitrogen and oxygen atoms in total. The van der Waals surface area contributed by atoms with E-state index in [4.69, 9.17) is 4.74 Å². The van der Waals surface area contributed by atoms with Crippen LogP contribution in [0.1, 0.15) is 11.1 Å². The van der Waals surface area contributed by atoms with Gasteiger partial charge in [-0.2, -0.15) is 0 Å². The molecule has 2 rings (SSSR count). The summed E-state index contributed by atoms with van der Waals surface area (Å²) in [4.78, 5) is 0. The molecule has 0 aromatic heterocycles. The highest BCUT2D eigenvalue weighted by molar-refractivity contribution is 9.09. The maximum atomic E-state index is 13.1. The van der Waals surface area contributed by atoms with Gasteiger partial charge < -0.3 is 4.74 Å². The number of ether oxygens (including phenoxy) is 1. The Morgan fingerprint density at radius 1 is 0.905 bits per heavy atom. The van der Waals surface area contributed by atoms with Crippen molar-refractivity contribution in [3.05, 3.63) is 71.5 Å². The molecule has 4 heteroatoms. The maximum Gasteiger partial charge on any atom is 0.123 e. The van der Waals surface area contributed by atoms with Crippen LogP contribution < -0.4 is 0 Å². The molecule has 21 heavy (non-hydrogen) atoms. The number of rotatable bonds is 7. The van der Waals surface area contributed by atoms with Gasteiger partial charge in [0.2, 0.25) is 0 Å². The van der Waals surface area contributed by atoms with Crippen molar-refractivity contribution in [3.8, 4) is 0 Å². The second-order valence-corrected chi connectivity index (χ2v) is 6.15. The summed E-state index contributed by atoms with van der Waals surface area (Å²) in [5, 5.41) is 1.48. The van der Waals surface area contributed by atoms with Gasteiger partial charge in [0, 0.05) is 16.1 Å². The number of hydrogen-bond donors (Lipinski definition) is 0. The van der Waals surface area contributed by atoms with Crippen LogP contribution >= 0.6 is 31.9 Å². The van der Waals surface area contributed by atoms with E-state index in [0.29, 0.717) is 13.2 Å². The average Bonchev–Trinajstić information content (AvgIpc) is 2.54. The van der Waals surface area contributed by atoms with Crippen molar-refractivity contribution in [3.63, 3.8) is 0 Å². The molecule has 0 N–H and O–H groups in total. The van der Waals surface area contributed by atoms with Gasteiger partial charge in [-0.05, 0) is 23.3 Å².